The van der Waals surface area contributed by atoms with Gasteiger partial charge in [0, 0.05) is 13.1 Å². The van der Waals surface area contributed by atoms with E-state index in [1.807, 2.05) is 13.8 Å². The standard InChI is InChI=1S/C11H16FN3/c1-3-14-11(13)15(4-2)10-8-6-5-7-9(10)12/h5-8H,3-4H2,1-2H3,(H2,13,14). The second-order valence-electron chi connectivity index (χ2n) is 3.03. The van der Waals surface area contributed by atoms with Gasteiger partial charge in [0.15, 0.2) is 5.96 Å². The Labute approximate surface area is 89.4 Å². The number of hydrogen-bond acceptors (Lipinski definition) is 1. The van der Waals surface area contributed by atoms with Crippen molar-refractivity contribution in [3.8, 4) is 0 Å². The van der Waals surface area contributed by atoms with Crippen molar-refractivity contribution >= 4 is 11.6 Å². The first-order valence-electron chi connectivity index (χ1n) is 5.02. The predicted molar refractivity (Wildman–Crippen MR) is 61.6 cm³/mol. The molecule has 0 aliphatic heterocycles. The Kier molecular flexibility index (Phi) is 4.09. The maximum atomic E-state index is 13.5. The lowest BCUT2D eigenvalue weighted by atomic mass is 10.3. The Bertz CT molecular complexity index is 349. The number of anilines is 1. The molecule has 0 fully saturated rings. The van der Waals surface area contributed by atoms with Gasteiger partial charge in [0.2, 0.25) is 0 Å². The van der Waals surface area contributed by atoms with Gasteiger partial charge in [-0.1, -0.05) is 12.1 Å². The highest BCUT2D eigenvalue weighted by molar-refractivity contribution is 5.94. The molecule has 0 atom stereocenters. The molecule has 1 rings (SSSR count). The van der Waals surface area contributed by atoms with Crippen LogP contribution in [0.5, 0.6) is 0 Å². The molecule has 15 heavy (non-hydrogen) atoms. The Morgan fingerprint density at radius 2 is 2.07 bits per heavy atom. The van der Waals surface area contributed by atoms with Gasteiger partial charge in [-0.15, -0.1) is 0 Å². The fourth-order valence-electron chi connectivity index (χ4n) is 1.37. The van der Waals surface area contributed by atoms with E-state index in [0.29, 0.717) is 24.7 Å². The Morgan fingerprint density at radius 1 is 1.40 bits per heavy atom. The fraction of sp³-hybridized carbons (Fsp3) is 0.364. The highest BCUT2D eigenvalue weighted by Gasteiger charge is 2.11. The molecule has 0 spiro atoms. The summed E-state index contributed by atoms with van der Waals surface area (Å²) in [5, 5.41) is 0. The van der Waals surface area contributed by atoms with Gasteiger partial charge in [-0.3, -0.25) is 4.99 Å². The minimum Gasteiger partial charge on any atom is -0.370 e. The zero-order chi connectivity index (χ0) is 11.3. The van der Waals surface area contributed by atoms with Crippen molar-refractivity contribution in [2.75, 3.05) is 18.0 Å². The van der Waals surface area contributed by atoms with Gasteiger partial charge in [0.05, 0.1) is 5.69 Å². The van der Waals surface area contributed by atoms with Crippen LogP contribution in [0.15, 0.2) is 29.3 Å². The summed E-state index contributed by atoms with van der Waals surface area (Å²) in [6, 6.07) is 6.54. The maximum absolute atomic E-state index is 13.5. The average Bonchev–Trinajstić information content (AvgIpc) is 2.22. The van der Waals surface area contributed by atoms with Gasteiger partial charge in [-0.25, -0.2) is 4.39 Å². The number of benzene rings is 1. The monoisotopic (exact) mass is 209 g/mol. The van der Waals surface area contributed by atoms with Crippen LogP contribution in [-0.2, 0) is 0 Å². The van der Waals surface area contributed by atoms with E-state index in [2.05, 4.69) is 4.99 Å². The van der Waals surface area contributed by atoms with E-state index in [1.165, 1.54) is 6.07 Å². The summed E-state index contributed by atoms with van der Waals surface area (Å²) in [6.07, 6.45) is 0. The summed E-state index contributed by atoms with van der Waals surface area (Å²) in [6.45, 7) is 4.99. The van der Waals surface area contributed by atoms with Crippen LogP contribution in [0.2, 0.25) is 0 Å². The first-order valence-corrected chi connectivity index (χ1v) is 5.02. The van der Waals surface area contributed by atoms with Crippen LogP contribution in [0, 0.1) is 5.82 Å². The predicted octanol–water partition coefficient (Wildman–Crippen LogP) is 1.99. The summed E-state index contributed by atoms with van der Waals surface area (Å²) in [5.74, 6) is 0.0682. The van der Waals surface area contributed by atoms with E-state index in [0.717, 1.165) is 0 Å². The third kappa shape index (κ3) is 2.68. The quantitative estimate of drug-likeness (QED) is 0.611. The molecule has 1 aromatic rings. The molecule has 0 radical (unpaired) electrons. The molecule has 82 valence electrons. The highest BCUT2D eigenvalue weighted by atomic mass is 19.1. The third-order valence-electron chi connectivity index (χ3n) is 2.06. The van der Waals surface area contributed by atoms with Gasteiger partial charge in [0.1, 0.15) is 5.82 Å². The molecule has 0 heterocycles. The topological polar surface area (TPSA) is 41.6 Å². The van der Waals surface area contributed by atoms with E-state index in [-0.39, 0.29) is 5.82 Å². The molecule has 0 saturated heterocycles. The summed E-state index contributed by atoms with van der Waals surface area (Å²) >= 11 is 0. The fourth-order valence-corrected chi connectivity index (χ4v) is 1.37. The number of para-hydroxylation sites is 1. The number of guanidine groups is 1. The van der Waals surface area contributed by atoms with Crippen LogP contribution in [0.4, 0.5) is 10.1 Å². The van der Waals surface area contributed by atoms with Crippen molar-refractivity contribution in [3.05, 3.63) is 30.1 Å². The molecule has 0 aromatic heterocycles. The molecule has 0 bridgehead atoms. The van der Waals surface area contributed by atoms with Crippen LogP contribution >= 0.6 is 0 Å². The molecule has 0 unspecified atom stereocenters. The first kappa shape index (κ1) is 11.5. The van der Waals surface area contributed by atoms with Crippen LogP contribution < -0.4 is 10.6 Å². The van der Waals surface area contributed by atoms with Crippen molar-refractivity contribution < 1.29 is 4.39 Å². The second-order valence-corrected chi connectivity index (χ2v) is 3.03. The summed E-state index contributed by atoms with van der Waals surface area (Å²) in [5.41, 5.74) is 6.22. The third-order valence-corrected chi connectivity index (χ3v) is 2.06. The van der Waals surface area contributed by atoms with E-state index < -0.39 is 0 Å². The molecule has 0 aliphatic carbocycles. The molecule has 0 amide bonds. The van der Waals surface area contributed by atoms with E-state index >= 15 is 0 Å². The minimum atomic E-state index is -0.284. The summed E-state index contributed by atoms with van der Waals surface area (Å²) < 4.78 is 13.5. The van der Waals surface area contributed by atoms with Crippen LogP contribution in [0.25, 0.3) is 0 Å². The lowest BCUT2D eigenvalue weighted by molar-refractivity contribution is 0.626. The van der Waals surface area contributed by atoms with Gasteiger partial charge in [-0.2, -0.15) is 0 Å². The summed E-state index contributed by atoms with van der Waals surface area (Å²) in [7, 11) is 0. The lowest BCUT2D eigenvalue weighted by Gasteiger charge is -2.22. The van der Waals surface area contributed by atoms with Gasteiger partial charge < -0.3 is 10.6 Å². The van der Waals surface area contributed by atoms with E-state index in [4.69, 9.17) is 5.73 Å². The van der Waals surface area contributed by atoms with Crippen LogP contribution in [-0.4, -0.2) is 19.0 Å². The number of halogens is 1. The van der Waals surface area contributed by atoms with Crippen molar-refractivity contribution in [3.63, 3.8) is 0 Å². The molecule has 4 heteroatoms. The van der Waals surface area contributed by atoms with Crippen molar-refractivity contribution in [1.29, 1.82) is 0 Å². The van der Waals surface area contributed by atoms with Crippen molar-refractivity contribution in [1.82, 2.24) is 0 Å². The molecule has 3 nitrogen and oxygen atoms in total. The smallest absolute Gasteiger partial charge is 0.195 e. The van der Waals surface area contributed by atoms with Gasteiger partial charge in [0.25, 0.3) is 0 Å². The van der Waals surface area contributed by atoms with Gasteiger partial charge >= 0.3 is 0 Å². The number of nitrogens with zero attached hydrogens (tertiary/aromatic N) is 2. The molecule has 0 aliphatic rings. The van der Waals surface area contributed by atoms with Crippen molar-refractivity contribution in [2.45, 2.75) is 13.8 Å². The molecule has 1 aromatic carbocycles. The van der Waals surface area contributed by atoms with E-state index in [1.54, 1.807) is 23.1 Å². The second kappa shape index (κ2) is 5.34. The normalized spacial score (nSPS) is 11.5. The number of hydrogen-bond donors (Lipinski definition) is 1. The Balaban J connectivity index is 3.03. The summed E-state index contributed by atoms with van der Waals surface area (Å²) in [4.78, 5) is 5.72. The Morgan fingerprint density at radius 3 is 2.60 bits per heavy atom. The molecule has 2 N–H and O–H groups in total. The lowest BCUT2D eigenvalue weighted by Crippen LogP contribution is -2.38. The van der Waals surface area contributed by atoms with Crippen molar-refractivity contribution in [2.24, 2.45) is 10.7 Å². The highest BCUT2D eigenvalue weighted by Crippen LogP contribution is 2.17. The van der Waals surface area contributed by atoms with Crippen LogP contribution in [0.1, 0.15) is 13.8 Å². The van der Waals surface area contributed by atoms with Crippen LogP contribution in [0.3, 0.4) is 0 Å². The first-order chi connectivity index (χ1) is 7.20. The number of aliphatic imine (C=N–C) groups is 1. The largest absolute Gasteiger partial charge is 0.370 e. The number of rotatable bonds is 3. The Hall–Kier alpha value is -1.58. The zero-order valence-corrected chi connectivity index (χ0v) is 9.07. The van der Waals surface area contributed by atoms with E-state index in [9.17, 15) is 4.39 Å². The van der Waals surface area contributed by atoms with Gasteiger partial charge in [-0.05, 0) is 26.0 Å². The molecular weight excluding hydrogens is 193 g/mol. The molecular formula is C11H16FN3. The maximum Gasteiger partial charge on any atom is 0.195 e. The molecule has 0 saturated carbocycles. The zero-order valence-electron chi connectivity index (χ0n) is 9.07. The average molecular weight is 209 g/mol. The minimum absolute atomic E-state index is 0.284. The SMILES string of the molecule is CCN=C(N)N(CC)c1ccccc1F. The number of nitrogens with two attached hydrogens (primary N) is 1.